The lowest BCUT2D eigenvalue weighted by Crippen LogP contribution is -2.41. The highest BCUT2D eigenvalue weighted by atomic mass is 16.5. The fourth-order valence-corrected chi connectivity index (χ4v) is 4.33. The molecule has 2 aromatic rings. The monoisotopic (exact) mass is 391 g/mol. The van der Waals surface area contributed by atoms with E-state index in [1.54, 1.807) is 0 Å². The van der Waals surface area contributed by atoms with Crippen LogP contribution in [0.25, 0.3) is 11.1 Å². The number of carbonyl (C=O) groups excluding carboxylic acids is 1. The summed E-state index contributed by atoms with van der Waals surface area (Å²) in [5.41, 5.74) is 5.67. The zero-order valence-corrected chi connectivity index (χ0v) is 16.3. The first-order chi connectivity index (χ1) is 14.1. The van der Waals surface area contributed by atoms with Crippen LogP contribution in [-0.4, -0.2) is 29.8 Å². The Balaban J connectivity index is 1.41. The van der Waals surface area contributed by atoms with Crippen LogP contribution in [0.4, 0.5) is 4.79 Å². The zero-order chi connectivity index (χ0) is 20.2. The molecular weight excluding hydrogens is 366 g/mol. The maximum atomic E-state index is 12.4. The molecule has 0 fully saturated rings. The van der Waals surface area contributed by atoms with Gasteiger partial charge in [0.15, 0.2) is 0 Å². The molecule has 4 rings (SSSR count). The SMILES string of the molecule is O=C(NC(CC1=CCCCC1)C(=O)O)OCC1c2ccccc2-c2ccccc21. The molecule has 2 aromatic carbocycles. The molecule has 2 aliphatic rings. The van der Waals surface area contributed by atoms with E-state index < -0.39 is 18.1 Å². The van der Waals surface area contributed by atoms with Crippen molar-refractivity contribution in [2.45, 2.75) is 44.1 Å². The van der Waals surface area contributed by atoms with Crippen molar-refractivity contribution in [1.82, 2.24) is 5.32 Å². The maximum absolute atomic E-state index is 12.4. The predicted octanol–water partition coefficient (Wildman–Crippen LogP) is 4.87. The summed E-state index contributed by atoms with van der Waals surface area (Å²) in [5.74, 6) is -1.08. The van der Waals surface area contributed by atoms with Gasteiger partial charge in [-0.05, 0) is 54.4 Å². The lowest BCUT2D eigenvalue weighted by Gasteiger charge is -2.20. The van der Waals surface area contributed by atoms with Crippen LogP contribution >= 0.6 is 0 Å². The van der Waals surface area contributed by atoms with Crippen molar-refractivity contribution in [2.24, 2.45) is 0 Å². The summed E-state index contributed by atoms with van der Waals surface area (Å²) in [6.45, 7) is 0.175. The minimum Gasteiger partial charge on any atom is -0.480 e. The van der Waals surface area contributed by atoms with Gasteiger partial charge < -0.3 is 15.2 Å². The van der Waals surface area contributed by atoms with Gasteiger partial charge >= 0.3 is 12.1 Å². The van der Waals surface area contributed by atoms with Crippen molar-refractivity contribution in [3.63, 3.8) is 0 Å². The average molecular weight is 391 g/mol. The summed E-state index contributed by atoms with van der Waals surface area (Å²) in [5, 5.41) is 12.0. The van der Waals surface area contributed by atoms with Gasteiger partial charge in [-0.25, -0.2) is 9.59 Å². The summed E-state index contributed by atoms with van der Waals surface area (Å²) < 4.78 is 5.48. The van der Waals surface area contributed by atoms with Gasteiger partial charge in [-0.1, -0.05) is 60.2 Å². The molecule has 1 amide bonds. The van der Waals surface area contributed by atoms with E-state index in [2.05, 4.69) is 35.7 Å². The molecular formula is C24H25NO4. The summed E-state index contributed by atoms with van der Waals surface area (Å²) in [7, 11) is 0. The summed E-state index contributed by atoms with van der Waals surface area (Å²) in [6, 6.07) is 15.3. The molecule has 2 N–H and O–H groups in total. The Kier molecular flexibility index (Phi) is 5.65. The van der Waals surface area contributed by atoms with Crippen LogP contribution in [0, 0.1) is 0 Å². The highest BCUT2D eigenvalue weighted by Crippen LogP contribution is 2.44. The van der Waals surface area contributed by atoms with E-state index in [4.69, 9.17) is 4.74 Å². The molecule has 0 bridgehead atoms. The topological polar surface area (TPSA) is 75.6 Å². The number of nitrogens with one attached hydrogen (secondary N) is 1. The second-order valence-corrected chi connectivity index (χ2v) is 7.67. The van der Waals surface area contributed by atoms with E-state index in [9.17, 15) is 14.7 Å². The first kappa shape index (κ1) is 19.2. The number of benzene rings is 2. The number of carbonyl (C=O) groups is 2. The van der Waals surface area contributed by atoms with Crippen molar-refractivity contribution < 1.29 is 19.4 Å². The summed E-state index contributed by atoms with van der Waals surface area (Å²) in [4.78, 5) is 24.0. The number of allylic oxidation sites excluding steroid dienone is 1. The molecule has 0 saturated carbocycles. The van der Waals surface area contributed by atoms with Crippen LogP contribution in [0.2, 0.25) is 0 Å². The van der Waals surface area contributed by atoms with Crippen LogP contribution in [0.1, 0.15) is 49.1 Å². The summed E-state index contributed by atoms with van der Waals surface area (Å²) >= 11 is 0. The first-order valence-corrected chi connectivity index (χ1v) is 10.2. The van der Waals surface area contributed by atoms with E-state index >= 15 is 0 Å². The van der Waals surface area contributed by atoms with Gasteiger partial charge in [0.05, 0.1) is 0 Å². The number of hydrogen-bond donors (Lipinski definition) is 2. The number of hydrogen-bond acceptors (Lipinski definition) is 3. The first-order valence-electron chi connectivity index (χ1n) is 10.2. The molecule has 0 aromatic heterocycles. The van der Waals surface area contributed by atoms with Crippen molar-refractivity contribution in [1.29, 1.82) is 0 Å². The third-order valence-electron chi connectivity index (χ3n) is 5.79. The van der Waals surface area contributed by atoms with Crippen LogP contribution < -0.4 is 5.32 Å². The van der Waals surface area contributed by atoms with Gasteiger partial charge in [0, 0.05) is 5.92 Å². The van der Waals surface area contributed by atoms with Crippen LogP contribution in [0.15, 0.2) is 60.2 Å². The smallest absolute Gasteiger partial charge is 0.407 e. The molecule has 1 atom stereocenters. The molecule has 5 nitrogen and oxygen atoms in total. The Morgan fingerprint density at radius 2 is 1.69 bits per heavy atom. The number of carboxylic acids is 1. The Labute approximate surface area is 170 Å². The Hall–Kier alpha value is -3.08. The number of aliphatic carboxylic acids is 1. The molecule has 0 heterocycles. The minimum atomic E-state index is -1.04. The van der Waals surface area contributed by atoms with Crippen molar-refractivity contribution in [3.8, 4) is 11.1 Å². The highest BCUT2D eigenvalue weighted by Gasteiger charge is 2.30. The largest absolute Gasteiger partial charge is 0.480 e. The third-order valence-corrected chi connectivity index (χ3v) is 5.79. The van der Waals surface area contributed by atoms with E-state index in [0.717, 1.165) is 53.5 Å². The fourth-order valence-electron chi connectivity index (χ4n) is 4.33. The van der Waals surface area contributed by atoms with E-state index in [1.165, 1.54) is 0 Å². The lowest BCUT2D eigenvalue weighted by atomic mass is 9.94. The van der Waals surface area contributed by atoms with Crippen LogP contribution in [-0.2, 0) is 9.53 Å². The lowest BCUT2D eigenvalue weighted by molar-refractivity contribution is -0.139. The molecule has 0 spiro atoms. The fraction of sp³-hybridized carbons (Fsp3) is 0.333. The van der Waals surface area contributed by atoms with Crippen LogP contribution in [0.3, 0.4) is 0 Å². The maximum Gasteiger partial charge on any atom is 0.407 e. The zero-order valence-electron chi connectivity index (χ0n) is 16.3. The van der Waals surface area contributed by atoms with Gasteiger partial charge in [-0.15, -0.1) is 0 Å². The molecule has 5 heteroatoms. The number of alkyl carbamates (subject to hydrolysis) is 1. The predicted molar refractivity (Wildman–Crippen MR) is 111 cm³/mol. The quantitative estimate of drug-likeness (QED) is 0.689. The number of amides is 1. The average Bonchev–Trinajstić information content (AvgIpc) is 3.06. The Morgan fingerprint density at radius 3 is 2.28 bits per heavy atom. The highest BCUT2D eigenvalue weighted by molar-refractivity contribution is 5.81. The van der Waals surface area contributed by atoms with Gasteiger partial charge in [0.1, 0.15) is 12.6 Å². The van der Waals surface area contributed by atoms with Gasteiger partial charge in [-0.2, -0.15) is 0 Å². The van der Waals surface area contributed by atoms with E-state index in [-0.39, 0.29) is 12.5 Å². The van der Waals surface area contributed by atoms with Gasteiger partial charge in [0.25, 0.3) is 0 Å². The number of carboxylic acid groups (broad SMARTS) is 1. The normalized spacial score (nSPS) is 16.3. The van der Waals surface area contributed by atoms with Gasteiger partial charge in [0.2, 0.25) is 0 Å². The molecule has 2 aliphatic carbocycles. The van der Waals surface area contributed by atoms with Crippen molar-refractivity contribution in [3.05, 3.63) is 71.3 Å². The third kappa shape index (κ3) is 4.19. The number of rotatable bonds is 6. The number of ether oxygens (including phenoxy) is 1. The molecule has 29 heavy (non-hydrogen) atoms. The summed E-state index contributed by atoms with van der Waals surface area (Å²) in [6.07, 6.45) is 5.83. The Morgan fingerprint density at radius 1 is 1.03 bits per heavy atom. The molecule has 0 radical (unpaired) electrons. The van der Waals surface area contributed by atoms with E-state index in [0.29, 0.717) is 6.42 Å². The van der Waals surface area contributed by atoms with Crippen molar-refractivity contribution >= 4 is 12.1 Å². The Bertz CT molecular complexity index is 904. The number of fused-ring (bicyclic) bond motifs is 3. The molecule has 0 aliphatic heterocycles. The molecule has 150 valence electrons. The van der Waals surface area contributed by atoms with Crippen LogP contribution in [0.5, 0.6) is 0 Å². The molecule has 1 unspecified atom stereocenters. The van der Waals surface area contributed by atoms with Gasteiger partial charge in [-0.3, -0.25) is 0 Å². The standard InChI is InChI=1S/C24H25NO4/c26-23(27)22(14-16-8-2-1-3-9-16)25-24(28)29-15-21-19-12-6-4-10-17(19)18-11-5-7-13-20(18)21/h4-8,10-13,21-22H,1-3,9,14-15H2,(H,25,28)(H,26,27). The minimum absolute atomic E-state index is 0.0440. The second-order valence-electron chi connectivity index (χ2n) is 7.67. The second kappa shape index (κ2) is 8.52. The van der Waals surface area contributed by atoms with E-state index in [1.807, 2.05) is 24.3 Å². The molecule has 0 saturated heterocycles. The van der Waals surface area contributed by atoms with Crippen molar-refractivity contribution in [2.75, 3.05) is 6.61 Å².